The molecule has 0 aliphatic carbocycles. The topological polar surface area (TPSA) is 68.9 Å². The average Bonchev–Trinajstić information content (AvgIpc) is 2.76. The molecule has 88 valence electrons. The van der Waals surface area contributed by atoms with Gasteiger partial charge >= 0.3 is 0 Å². The van der Waals surface area contributed by atoms with Gasteiger partial charge in [-0.25, -0.2) is 0 Å². The van der Waals surface area contributed by atoms with Gasteiger partial charge in [-0.15, -0.1) is 0 Å². The van der Waals surface area contributed by atoms with Gasteiger partial charge in [0.1, 0.15) is 5.78 Å². The molecule has 2 aromatic rings. The predicted molar refractivity (Wildman–Crippen MR) is 61.3 cm³/mol. The van der Waals surface area contributed by atoms with Crippen molar-refractivity contribution in [1.82, 2.24) is 15.1 Å². The average molecular weight is 231 g/mol. The second-order valence-corrected chi connectivity index (χ2v) is 3.78. The van der Waals surface area contributed by atoms with Crippen molar-refractivity contribution < 1.29 is 9.32 Å². The quantitative estimate of drug-likeness (QED) is 0.802. The van der Waals surface area contributed by atoms with Crippen molar-refractivity contribution in [3.05, 3.63) is 29.9 Å². The van der Waals surface area contributed by atoms with E-state index >= 15 is 0 Å². The minimum Gasteiger partial charge on any atom is -0.339 e. The van der Waals surface area contributed by atoms with Crippen LogP contribution in [-0.2, 0) is 17.6 Å². The summed E-state index contributed by atoms with van der Waals surface area (Å²) in [4.78, 5) is 19.2. The molecule has 0 spiro atoms. The second kappa shape index (κ2) is 4.86. The van der Waals surface area contributed by atoms with E-state index in [-0.39, 0.29) is 12.2 Å². The van der Waals surface area contributed by atoms with Crippen LogP contribution in [0.3, 0.4) is 0 Å². The molecule has 0 bridgehead atoms. The van der Waals surface area contributed by atoms with E-state index in [9.17, 15) is 4.79 Å². The van der Waals surface area contributed by atoms with E-state index in [0.29, 0.717) is 11.7 Å². The van der Waals surface area contributed by atoms with Gasteiger partial charge in [-0.1, -0.05) is 12.1 Å². The number of rotatable bonds is 4. The van der Waals surface area contributed by atoms with E-state index in [1.54, 1.807) is 12.4 Å². The highest BCUT2D eigenvalue weighted by atomic mass is 16.5. The summed E-state index contributed by atoms with van der Waals surface area (Å²) in [5, 5.41) is 3.88. The summed E-state index contributed by atoms with van der Waals surface area (Å²) in [5.41, 5.74) is 1.96. The maximum absolute atomic E-state index is 10.9. The van der Waals surface area contributed by atoms with Gasteiger partial charge in [-0.3, -0.25) is 9.78 Å². The van der Waals surface area contributed by atoms with Crippen LogP contribution in [0.5, 0.6) is 0 Å². The Bertz CT molecular complexity index is 534. The van der Waals surface area contributed by atoms with Crippen LogP contribution in [0, 0.1) is 0 Å². The lowest BCUT2D eigenvalue weighted by molar-refractivity contribution is -0.116. The molecule has 0 fully saturated rings. The Morgan fingerprint density at radius 2 is 2.29 bits per heavy atom. The van der Waals surface area contributed by atoms with Gasteiger partial charge in [0.05, 0.1) is 6.42 Å². The largest absolute Gasteiger partial charge is 0.339 e. The first kappa shape index (κ1) is 11.4. The first-order valence-electron chi connectivity index (χ1n) is 5.46. The van der Waals surface area contributed by atoms with Crippen molar-refractivity contribution >= 4 is 5.78 Å². The minimum absolute atomic E-state index is 0.00523. The third-order valence-electron chi connectivity index (χ3n) is 2.39. The zero-order chi connectivity index (χ0) is 12.3. The fourth-order valence-corrected chi connectivity index (χ4v) is 1.58. The molecule has 5 nitrogen and oxygen atoms in total. The molecule has 2 heterocycles. The van der Waals surface area contributed by atoms with Crippen LogP contribution >= 0.6 is 0 Å². The molecule has 0 aliphatic heterocycles. The number of nitrogens with zero attached hydrogens (tertiary/aromatic N) is 3. The highest BCUT2D eigenvalue weighted by Gasteiger charge is 2.12. The molecule has 0 aromatic carbocycles. The van der Waals surface area contributed by atoms with Gasteiger partial charge < -0.3 is 4.52 Å². The Morgan fingerprint density at radius 3 is 3.00 bits per heavy atom. The zero-order valence-electron chi connectivity index (χ0n) is 9.80. The molecule has 0 radical (unpaired) electrons. The molecule has 0 unspecified atom stereocenters. The van der Waals surface area contributed by atoms with E-state index in [2.05, 4.69) is 15.1 Å². The number of hydrogen-bond acceptors (Lipinski definition) is 5. The van der Waals surface area contributed by atoms with E-state index in [1.165, 1.54) is 6.92 Å². The molecule has 5 heteroatoms. The van der Waals surface area contributed by atoms with Crippen molar-refractivity contribution in [2.24, 2.45) is 0 Å². The smallest absolute Gasteiger partial charge is 0.234 e. The first-order chi connectivity index (χ1) is 8.20. The Balaban J connectivity index is 2.33. The van der Waals surface area contributed by atoms with Gasteiger partial charge in [0.15, 0.2) is 0 Å². The number of carbonyl (C=O) groups is 1. The number of pyridine rings is 1. The van der Waals surface area contributed by atoms with Crippen LogP contribution < -0.4 is 0 Å². The molecule has 17 heavy (non-hydrogen) atoms. The van der Waals surface area contributed by atoms with Crippen LogP contribution in [0.1, 0.15) is 25.3 Å². The van der Waals surface area contributed by atoms with Crippen LogP contribution in [-0.4, -0.2) is 20.9 Å². The van der Waals surface area contributed by atoms with Gasteiger partial charge in [0, 0.05) is 18.0 Å². The van der Waals surface area contributed by atoms with E-state index in [4.69, 9.17) is 4.52 Å². The summed E-state index contributed by atoms with van der Waals surface area (Å²) in [5.74, 6) is 0.873. The third kappa shape index (κ3) is 2.55. The minimum atomic E-state index is 0.00523. The van der Waals surface area contributed by atoms with Crippen LogP contribution in [0.15, 0.2) is 23.0 Å². The molecule has 2 aromatic heterocycles. The summed E-state index contributed by atoms with van der Waals surface area (Å²) in [6.07, 6.45) is 4.51. The molecule has 0 amide bonds. The SMILES string of the molecule is CCc1cnccc1-c1noc(CC(C)=O)n1. The number of aromatic nitrogens is 3. The monoisotopic (exact) mass is 231 g/mol. The fraction of sp³-hybridized carbons (Fsp3) is 0.333. The number of hydrogen-bond donors (Lipinski definition) is 0. The van der Waals surface area contributed by atoms with Crippen molar-refractivity contribution in [2.45, 2.75) is 26.7 Å². The number of Topliss-reactive ketones (excluding diaryl/α,β-unsaturated/α-hetero) is 1. The summed E-state index contributed by atoms with van der Waals surface area (Å²) in [7, 11) is 0. The van der Waals surface area contributed by atoms with E-state index in [0.717, 1.165) is 17.5 Å². The van der Waals surface area contributed by atoms with E-state index < -0.39 is 0 Å². The van der Waals surface area contributed by atoms with Crippen molar-refractivity contribution in [3.8, 4) is 11.4 Å². The number of carbonyl (C=O) groups excluding carboxylic acids is 1. The van der Waals surface area contributed by atoms with Gasteiger partial charge in [-0.05, 0) is 25.0 Å². The van der Waals surface area contributed by atoms with Crippen LogP contribution in [0.2, 0.25) is 0 Å². The Labute approximate surface area is 98.9 Å². The van der Waals surface area contributed by atoms with Crippen LogP contribution in [0.4, 0.5) is 0 Å². The lowest BCUT2D eigenvalue weighted by Crippen LogP contribution is -1.96. The molecular weight excluding hydrogens is 218 g/mol. The normalized spacial score (nSPS) is 10.5. The summed E-state index contributed by atoms with van der Waals surface area (Å²) < 4.78 is 5.03. The molecular formula is C12H13N3O2. The fourth-order valence-electron chi connectivity index (χ4n) is 1.58. The number of aryl methyl sites for hydroxylation is 1. The third-order valence-corrected chi connectivity index (χ3v) is 2.39. The molecule has 0 aliphatic rings. The Hall–Kier alpha value is -2.04. The summed E-state index contributed by atoms with van der Waals surface area (Å²) in [6.45, 7) is 3.53. The predicted octanol–water partition coefficient (Wildman–Crippen LogP) is 1.83. The van der Waals surface area contributed by atoms with Crippen molar-refractivity contribution in [2.75, 3.05) is 0 Å². The standard InChI is InChI=1S/C12H13N3O2/c1-3-9-7-13-5-4-10(9)12-14-11(17-15-12)6-8(2)16/h4-5,7H,3,6H2,1-2H3. The van der Waals surface area contributed by atoms with Crippen LogP contribution in [0.25, 0.3) is 11.4 Å². The summed E-state index contributed by atoms with van der Waals surface area (Å²) in [6, 6.07) is 1.85. The van der Waals surface area contributed by atoms with E-state index in [1.807, 2.05) is 13.0 Å². The van der Waals surface area contributed by atoms with Gasteiger partial charge in [0.2, 0.25) is 11.7 Å². The maximum Gasteiger partial charge on any atom is 0.234 e. The van der Waals surface area contributed by atoms with Crippen molar-refractivity contribution in [1.29, 1.82) is 0 Å². The lowest BCUT2D eigenvalue weighted by atomic mass is 10.1. The second-order valence-electron chi connectivity index (χ2n) is 3.78. The highest BCUT2D eigenvalue weighted by molar-refractivity contribution is 5.77. The lowest BCUT2D eigenvalue weighted by Gasteiger charge is -2.00. The van der Waals surface area contributed by atoms with Crippen molar-refractivity contribution in [3.63, 3.8) is 0 Å². The molecule has 0 saturated carbocycles. The summed E-state index contributed by atoms with van der Waals surface area (Å²) >= 11 is 0. The molecule has 0 N–H and O–H groups in total. The Kier molecular flexibility index (Phi) is 3.27. The molecule has 2 rings (SSSR count). The van der Waals surface area contributed by atoms with Gasteiger partial charge in [-0.2, -0.15) is 4.98 Å². The highest BCUT2D eigenvalue weighted by Crippen LogP contribution is 2.20. The zero-order valence-corrected chi connectivity index (χ0v) is 9.80. The number of ketones is 1. The maximum atomic E-state index is 10.9. The molecule has 0 saturated heterocycles. The Morgan fingerprint density at radius 1 is 1.47 bits per heavy atom. The molecule has 0 atom stereocenters. The first-order valence-corrected chi connectivity index (χ1v) is 5.46. The van der Waals surface area contributed by atoms with Gasteiger partial charge in [0.25, 0.3) is 0 Å².